The monoisotopic (exact) mass is 320 g/mol. The van der Waals surface area contributed by atoms with E-state index in [1.165, 1.54) is 7.11 Å². The van der Waals surface area contributed by atoms with E-state index in [1.807, 2.05) is 30.3 Å². The van der Waals surface area contributed by atoms with E-state index >= 15 is 0 Å². The van der Waals surface area contributed by atoms with Crippen molar-refractivity contribution in [1.82, 2.24) is 19.7 Å². The Balaban J connectivity index is 2.06. The first-order valence-corrected chi connectivity index (χ1v) is 7.22. The summed E-state index contributed by atoms with van der Waals surface area (Å²) in [5.74, 6) is -0.561. The summed E-state index contributed by atoms with van der Waals surface area (Å²) in [4.78, 5) is 28.5. The summed E-state index contributed by atoms with van der Waals surface area (Å²) in [6, 6.07) is 9.51. The predicted molar refractivity (Wildman–Crippen MR) is 87.4 cm³/mol. The summed E-state index contributed by atoms with van der Waals surface area (Å²) >= 11 is 0. The first-order valence-electron chi connectivity index (χ1n) is 7.22. The van der Waals surface area contributed by atoms with Crippen LogP contribution in [0.15, 0.2) is 53.7 Å². The fourth-order valence-corrected chi connectivity index (χ4v) is 2.73. The lowest BCUT2D eigenvalue weighted by atomic mass is 10.1. The van der Waals surface area contributed by atoms with E-state index in [2.05, 4.69) is 15.2 Å². The number of hydrogen-bond donors (Lipinski definition) is 1. The van der Waals surface area contributed by atoms with Gasteiger partial charge in [-0.3, -0.25) is 9.78 Å². The third-order valence-corrected chi connectivity index (χ3v) is 3.86. The molecule has 2 aliphatic rings. The summed E-state index contributed by atoms with van der Waals surface area (Å²) < 4.78 is 6.50. The van der Waals surface area contributed by atoms with Gasteiger partial charge in [-0.15, -0.1) is 0 Å². The molecule has 0 spiro atoms. The van der Waals surface area contributed by atoms with E-state index in [1.54, 1.807) is 23.2 Å². The number of benzene rings is 1. The molecule has 0 saturated heterocycles. The molecule has 118 valence electrons. The molecule has 0 amide bonds. The molecule has 1 aromatic heterocycles. The third kappa shape index (κ3) is 2.06. The minimum Gasteiger partial charge on any atom is -0.465 e. The van der Waals surface area contributed by atoms with Gasteiger partial charge in [0.05, 0.1) is 23.9 Å². The van der Waals surface area contributed by atoms with Crippen molar-refractivity contribution in [1.29, 1.82) is 0 Å². The molecule has 0 radical (unpaired) electrons. The van der Waals surface area contributed by atoms with Crippen LogP contribution in [0.1, 0.15) is 10.4 Å². The quantitative estimate of drug-likeness (QED) is 0.571. The molecule has 7 heteroatoms. The average Bonchev–Trinajstić information content (AvgIpc) is 3.01. The number of para-hydroxylation sites is 1. The number of carbonyl (C=O) groups is 1. The number of carbonyl (C=O) groups excluding carboxylic acids is 1. The minimum absolute atomic E-state index is 0.210. The SMILES string of the molecule is COC(=O)c1cn(-c2cccc3cccnc23)cc2c(=O)[nH]nc1-2. The van der Waals surface area contributed by atoms with E-state index in [9.17, 15) is 9.59 Å². The van der Waals surface area contributed by atoms with Gasteiger partial charge >= 0.3 is 5.97 Å². The van der Waals surface area contributed by atoms with Crippen LogP contribution in [0.5, 0.6) is 0 Å². The Hall–Kier alpha value is -3.48. The van der Waals surface area contributed by atoms with Crippen LogP contribution in [-0.2, 0) is 4.74 Å². The van der Waals surface area contributed by atoms with Crippen LogP contribution in [0.25, 0.3) is 27.8 Å². The highest BCUT2D eigenvalue weighted by Crippen LogP contribution is 2.25. The number of nitrogens with one attached hydrogen (secondary N) is 1. The summed E-state index contributed by atoms with van der Waals surface area (Å²) in [5.41, 5.74) is 1.96. The maximum atomic E-state index is 12.1. The second kappa shape index (κ2) is 5.31. The molecular formula is C17H12N4O3. The lowest BCUT2D eigenvalue weighted by Gasteiger charge is -2.13. The highest BCUT2D eigenvalue weighted by Gasteiger charge is 2.22. The van der Waals surface area contributed by atoms with Gasteiger partial charge in [0.15, 0.2) is 0 Å². The first kappa shape index (κ1) is 14.1. The highest BCUT2D eigenvalue weighted by molar-refractivity contribution is 5.96. The Morgan fingerprint density at radius 2 is 2.04 bits per heavy atom. The summed E-state index contributed by atoms with van der Waals surface area (Å²) in [7, 11) is 1.29. The number of aromatic amines is 1. The zero-order chi connectivity index (χ0) is 16.7. The van der Waals surface area contributed by atoms with Gasteiger partial charge in [-0.05, 0) is 12.1 Å². The first-order chi connectivity index (χ1) is 11.7. The van der Waals surface area contributed by atoms with Gasteiger partial charge in [-0.2, -0.15) is 5.10 Å². The van der Waals surface area contributed by atoms with Crippen molar-refractivity contribution in [3.8, 4) is 16.9 Å². The maximum Gasteiger partial charge on any atom is 0.341 e. The molecule has 7 nitrogen and oxygen atoms in total. The molecule has 1 aromatic carbocycles. The van der Waals surface area contributed by atoms with Crippen molar-refractivity contribution in [3.05, 3.63) is 64.8 Å². The molecular weight excluding hydrogens is 308 g/mol. The standard InChI is InChI=1S/C17H12N4O3/c1-24-17(23)12-9-21(8-11-15(12)19-20-16(11)22)13-6-2-4-10-5-3-7-18-14(10)13/h2-9H,1H3,(H,20,22). The summed E-state index contributed by atoms with van der Waals surface area (Å²) in [6.07, 6.45) is 4.93. The van der Waals surface area contributed by atoms with Crippen molar-refractivity contribution >= 4 is 16.9 Å². The molecule has 0 aliphatic carbocycles. The molecule has 3 heterocycles. The number of ether oxygens (including phenoxy) is 1. The van der Waals surface area contributed by atoms with Gasteiger partial charge in [0.2, 0.25) is 0 Å². The fraction of sp³-hybridized carbons (Fsp3) is 0.0588. The molecule has 2 aliphatic heterocycles. The molecule has 0 fully saturated rings. The number of rotatable bonds is 2. The number of aromatic nitrogens is 4. The number of hydrogen-bond acceptors (Lipinski definition) is 5. The molecule has 4 rings (SSSR count). The topological polar surface area (TPSA) is 89.9 Å². The lowest BCUT2D eigenvalue weighted by Crippen LogP contribution is -2.11. The molecule has 0 unspecified atom stereocenters. The maximum absolute atomic E-state index is 12.1. The van der Waals surface area contributed by atoms with Crippen molar-refractivity contribution in [2.75, 3.05) is 7.11 Å². The normalized spacial score (nSPS) is 11.0. The van der Waals surface area contributed by atoms with Gasteiger partial charge in [0, 0.05) is 24.0 Å². The Kier molecular flexibility index (Phi) is 3.13. The smallest absolute Gasteiger partial charge is 0.341 e. The minimum atomic E-state index is -0.561. The summed E-state index contributed by atoms with van der Waals surface area (Å²) in [5, 5.41) is 7.24. The number of methoxy groups -OCH3 is 1. The molecule has 0 atom stereocenters. The predicted octanol–water partition coefficient (Wildman–Crippen LogP) is 2.00. The van der Waals surface area contributed by atoms with E-state index in [4.69, 9.17) is 4.74 Å². The van der Waals surface area contributed by atoms with Gasteiger partial charge in [-0.1, -0.05) is 18.2 Å². The lowest BCUT2D eigenvalue weighted by molar-refractivity contribution is 0.0600. The van der Waals surface area contributed by atoms with E-state index < -0.39 is 5.97 Å². The Bertz CT molecular complexity index is 1090. The van der Waals surface area contributed by atoms with Crippen molar-refractivity contribution in [2.24, 2.45) is 0 Å². The number of pyridine rings is 2. The average molecular weight is 320 g/mol. The number of fused-ring (bicyclic) bond motifs is 2. The third-order valence-electron chi connectivity index (χ3n) is 3.86. The second-order valence-corrected chi connectivity index (χ2v) is 5.24. The van der Waals surface area contributed by atoms with Crippen molar-refractivity contribution in [3.63, 3.8) is 0 Å². The van der Waals surface area contributed by atoms with Crippen LogP contribution in [-0.4, -0.2) is 32.8 Å². The van der Waals surface area contributed by atoms with E-state index in [0.29, 0.717) is 5.56 Å². The van der Waals surface area contributed by atoms with Gasteiger partial charge in [-0.25, -0.2) is 9.89 Å². The van der Waals surface area contributed by atoms with Crippen LogP contribution < -0.4 is 5.56 Å². The Labute approximate surface area is 135 Å². The molecule has 24 heavy (non-hydrogen) atoms. The molecule has 0 bridgehead atoms. The zero-order valence-electron chi connectivity index (χ0n) is 12.7. The van der Waals surface area contributed by atoms with Gasteiger partial charge in [0.1, 0.15) is 11.3 Å². The van der Waals surface area contributed by atoms with Crippen LogP contribution in [0.2, 0.25) is 0 Å². The largest absolute Gasteiger partial charge is 0.465 e. The number of esters is 1. The number of nitrogens with zero attached hydrogens (tertiary/aromatic N) is 3. The summed E-state index contributed by atoms with van der Waals surface area (Å²) in [6.45, 7) is 0. The van der Waals surface area contributed by atoms with Crippen molar-refractivity contribution in [2.45, 2.75) is 0 Å². The molecule has 2 aromatic rings. The molecule has 1 N–H and O–H groups in total. The van der Waals surface area contributed by atoms with E-state index in [-0.39, 0.29) is 16.8 Å². The Morgan fingerprint density at radius 3 is 2.88 bits per heavy atom. The van der Waals surface area contributed by atoms with Crippen LogP contribution in [0.3, 0.4) is 0 Å². The highest BCUT2D eigenvalue weighted by atomic mass is 16.5. The fourth-order valence-electron chi connectivity index (χ4n) is 2.73. The van der Waals surface area contributed by atoms with E-state index in [0.717, 1.165) is 16.6 Å². The number of H-pyrrole nitrogens is 1. The van der Waals surface area contributed by atoms with Crippen LogP contribution >= 0.6 is 0 Å². The van der Waals surface area contributed by atoms with Crippen molar-refractivity contribution < 1.29 is 9.53 Å². The Morgan fingerprint density at radius 1 is 1.21 bits per heavy atom. The van der Waals surface area contributed by atoms with Crippen LogP contribution in [0.4, 0.5) is 0 Å². The van der Waals surface area contributed by atoms with Gasteiger partial charge < -0.3 is 9.30 Å². The van der Waals surface area contributed by atoms with Crippen LogP contribution in [0, 0.1) is 0 Å². The zero-order valence-corrected chi connectivity index (χ0v) is 12.7. The second-order valence-electron chi connectivity index (χ2n) is 5.24. The molecule has 0 saturated carbocycles. The van der Waals surface area contributed by atoms with Gasteiger partial charge in [0.25, 0.3) is 5.56 Å².